The minimum absolute atomic E-state index is 0. The van der Waals surface area contributed by atoms with Gasteiger partial charge in [-0.3, -0.25) is 17.9 Å². The molecule has 0 aromatic rings. The van der Waals surface area contributed by atoms with Gasteiger partial charge in [-0.1, -0.05) is 0 Å². The number of hydrogen-bond donors (Lipinski definition) is 2. The Morgan fingerprint density at radius 1 is 1.22 bits per heavy atom. The van der Waals surface area contributed by atoms with E-state index in [4.69, 9.17) is 13.3 Å². The predicted molar refractivity (Wildman–Crippen MR) is 36.7 cm³/mol. The molecule has 0 bridgehead atoms. The summed E-state index contributed by atoms with van der Waals surface area (Å²) in [6.45, 7) is 6.81. The van der Waals surface area contributed by atoms with Crippen LogP contribution in [-0.2, 0) is 11.4 Å². The summed E-state index contributed by atoms with van der Waals surface area (Å²) in [5.41, 5.74) is 0. The molecule has 0 saturated carbocycles. The third-order valence-electron chi connectivity index (χ3n) is 0. The van der Waals surface area contributed by atoms with E-state index in [1.807, 2.05) is 0 Å². The van der Waals surface area contributed by atoms with Crippen LogP contribution in [0.25, 0.3) is 0 Å². The van der Waals surface area contributed by atoms with E-state index in [9.17, 15) is 0 Å². The fourth-order valence-electron chi connectivity index (χ4n) is 0. The Hall–Kier alpha value is 1.29. The minimum atomic E-state index is -2.61. The second-order valence-electron chi connectivity index (χ2n) is 1.73. The van der Waals surface area contributed by atoms with Crippen LogP contribution in [0.3, 0.4) is 0 Å². The molecule has 0 spiro atoms. The van der Waals surface area contributed by atoms with Gasteiger partial charge in [0, 0.05) is 0 Å². The predicted octanol–water partition coefficient (Wildman–Crippen LogP) is -1.94. The summed E-state index contributed by atoms with van der Waals surface area (Å²) in [5.74, 6) is 0. The first-order chi connectivity index (χ1) is 3.46. The average Bonchev–Trinajstić information content (AvgIpc) is 1.25. The summed E-state index contributed by atoms with van der Waals surface area (Å²) < 4.78 is 22.8. The number of hydrogen-bond acceptors (Lipinski definition) is 1. The second kappa shape index (κ2) is 12.0. The van der Waals surface area contributed by atoms with Gasteiger partial charge in [0.05, 0.1) is 0 Å². The van der Waals surface area contributed by atoms with Crippen molar-refractivity contribution in [2.45, 2.75) is 19.6 Å². The van der Waals surface area contributed by atoms with Crippen molar-refractivity contribution in [1.82, 2.24) is 0 Å². The molecular weight excluding hydrogens is 167 g/mol. The van der Waals surface area contributed by atoms with E-state index < -0.39 is 11.4 Å². The molecule has 0 heterocycles. The van der Waals surface area contributed by atoms with Crippen molar-refractivity contribution in [2.24, 2.45) is 0 Å². The van der Waals surface area contributed by atoms with Gasteiger partial charge in [0.25, 0.3) is 11.4 Å². The first-order valence-corrected chi connectivity index (χ1v) is 6.10. The Balaban J connectivity index is -0.0000000720. The van der Waals surface area contributed by atoms with Crippen molar-refractivity contribution >= 4 is 20.2 Å². The normalized spacial score (nSPS) is 7.89. The van der Waals surface area contributed by atoms with Crippen LogP contribution in [-0.4, -0.2) is 22.1 Å². The molecule has 9 heavy (non-hydrogen) atoms. The zero-order valence-corrected chi connectivity index (χ0v) is 10.0. The largest absolute Gasteiger partial charge is 1.00 e. The molecule has 0 rings (SSSR count). The van der Waals surface area contributed by atoms with Crippen LogP contribution < -0.4 is 29.6 Å². The first-order valence-electron chi connectivity index (χ1n) is 2.03. The molecule has 0 amide bonds. The van der Waals surface area contributed by atoms with E-state index in [1.165, 1.54) is 0 Å². The van der Waals surface area contributed by atoms with E-state index in [1.54, 1.807) is 0 Å². The summed E-state index contributed by atoms with van der Waals surface area (Å²) in [7, 11) is 0.120. The molecule has 3 nitrogen and oxygen atoms in total. The summed E-state index contributed by atoms with van der Waals surface area (Å²) in [6, 6.07) is 0. The molecule has 6 heteroatoms. The molecule has 0 aromatic carbocycles. The van der Waals surface area contributed by atoms with Gasteiger partial charge >= 0.3 is 29.6 Å². The van der Waals surface area contributed by atoms with Gasteiger partial charge in [0.1, 0.15) is 0 Å². The molecule has 0 aliphatic rings. The zero-order chi connectivity index (χ0) is 7.15. The molecule has 2 N–H and O–H groups in total. The standard InChI is InChI=1S/C3H9Si.Na.H2O3S/c1-4(2)3;;1-4(2)3/h1-3H3;;(H2,1,2,3)/q-1;+1;. The van der Waals surface area contributed by atoms with Crippen LogP contribution in [0, 0.1) is 0 Å². The Bertz CT molecular complexity index is 63.3. The fraction of sp³-hybridized carbons (Fsp3) is 1.00. The Morgan fingerprint density at radius 2 is 1.22 bits per heavy atom. The van der Waals surface area contributed by atoms with Gasteiger partial charge in [-0.05, 0) is 0 Å². The van der Waals surface area contributed by atoms with Crippen molar-refractivity contribution in [2.75, 3.05) is 0 Å². The van der Waals surface area contributed by atoms with E-state index in [-0.39, 0.29) is 38.4 Å². The van der Waals surface area contributed by atoms with E-state index >= 15 is 0 Å². The summed E-state index contributed by atoms with van der Waals surface area (Å²) in [4.78, 5) is 0. The third-order valence-corrected chi connectivity index (χ3v) is 0. The first kappa shape index (κ1) is 16.7. The molecular formula is C3H11NaO3SSi. The average molecular weight is 178 g/mol. The minimum Gasteiger partial charge on any atom is -0.284 e. The van der Waals surface area contributed by atoms with Crippen molar-refractivity contribution < 1.29 is 42.9 Å². The molecule has 52 valence electrons. The third kappa shape index (κ3) is 298. The molecule has 0 fully saturated rings. The summed E-state index contributed by atoms with van der Waals surface area (Å²) in [5, 5.41) is 0. The molecule has 0 aliphatic carbocycles. The van der Waals surface area contributed by atoms with Crippen molar-refractivity contribution in [3.05, 3.63) is 0 Å². The van der Waals surface area contributed by atoms with Gasteiger partial charge in [-0.25, -0.2) is 0 Å². The topological polar surface area (TPSA) is 57.5 Å². The smallest absolute Gasteiger partial charge is 0.284 e. The van der Waals surface area contributed by atoms with Crippen LogP contribution in [0.2, 0.25) is 19.6 Å². The molecule has 0 aliphatic heterocycles. The zero-order valence-electron chi connectivity index (χ0n) is 6.21. The Morgan fingerprint density at radius 3 is 1.22 bits per heavy atom. The van der Waals surface area contributed by atoms with Crippen LogP contribution >= 0.6 is 0 Å². The van der Waals surface area contributed by atoms with Gasteiger partial charge < -0.3 is 0 Å². The van der Waals surface area contributed by atoms with Crippen LogP contribution in [0.15, 0.2) is 0 Å². The molecule has 0 radical (unpaired) electrons. The SMILES string of the molecule is C[Si-](C)C.O=S(O)O.[Na+]. The Labute approximate surface area is 82.2 Å². The van der Waals surface area contributed by atoms with Crippen molar-refractivity contribution in [3.63, 3.8) is 0 Å². The maximum atomic E-state index is 8.67. The second-order valence-corrected chi connectivity index (χ2v) is 5.19. The van der Waals surface area contributed by atoms with E-state index in [0.717, 1.165) is 0 Å². The van der Waals surface area contributed by atoms with Crippen molar-refractivity contribution in [3.8, 4) is 0 Å². The molecule has 0 unspecified atom stereocenters. The molecule has 0 saturated heterocycles. The Kier molecular flexibility index (Phi) is 22.3. The van der Waals surface area contributed by atoms with Gasteiger partial charge in [-0.15, -0.1) is 0 Å². The van der Waals surface area contributed by atoms with Crippen LogP contribution in [0.1, 0.15) is 0 Å². The van der Waals surface area contributed by atoms with Crippen LogP contribution in [0.4, 0.5) is 0 Å². The van der Waals surface area contributed by atoms with Crippen LogP contribution in [0.5, 0.6) is 0 Å². The van der Waals surface area contributed by atoms with E-state index in [0.29, 0.717) is 0 Å². The molecule has 0 atom stereocenters. The maximum absolute atomic E-state index is 8.67. The number of rotatable bonds is 0. The summed E-state index contributed by atoms with van der Waals surface area (Å²) in [6.07, 6.45) is 0. The maximum Gasteiger partial charge on any atom is 1.00 e. The van der Waals surface area contributed by atoms with Crippen molar-refractivity contribution in [1.29, 1.82) is 0 Å². The molecule has 0 aromatic heterocycles. The fourth-order valence-corrected chi connectivity index (χ4v) is 0. The van der Waals surface area contributed by atoms with Gasteiger partial charge in [0.15, 0.2) is 0 Å². The van der Waals surface area contributed by atoms with Gasteiger partial charge in [0.2, 0.25) is 0 Å². The van der Waals surface area contributed by atoms with Gasteiger partial charge in [-0.2, -0.15) is 23.8 Å². The monoisotopic (exact) mass is 178 g/mol. The van der Waals surface area contributed by atoms with E-state index in [2.05, 4.69) is 19.6 Å². The quantitative estimate of drug-likeness (QED) is 0.335. The summed E-state index contributed by atoms with van der Waals surface area (Å²) >= 11 is -2.61.